The molecule has 0 aliphatic rings. The summed E-state index contributed by atoms with van der Waals surface area (Å²) in [6.45, 7) is -3.86. The Bertz CT molecular complexity index is 1170. The maximum atomic E-state index is 12.6. The Kier molecular flexibility index (Phi) is 9.70. The first-order valence-corrected chi connectivity index (χ1v) is 11.9. The van der Waals surface area contributed by atoms with Crippen LogP contribution < -0.4 is 10.6 Å². The molecule has 0 saturated carbocycles. The normalized spacial score (nSPS) is 12.6. The van der Waals surface area contributed by atoms with E-state index in [1.165, 1.54) is 12.2 Å². The molecule has 3 rings (SSSR count). The third-order valence-corrected chi connectivity index (χ3v) is 6.41. The number of carbonyl (C=O) groups excluding carboxylic acids is 2. The second-order valence-corrected chi connectivity index (χ2v) is 9.07. The van der Waals surface area contributed by atoms with Crippen molar-refractivity contribution in [3.8, 4) is 0 Å². The van der Waals surface area contributed by atoms with Gasteiger partial charge in [0, 0.05) is 12.2 Å². The van der Waals surface area contributed by atoms with Crippen LogP contribution in [-0.2, 0) is 9.59 Å². The van der Waals surface area contributed by atoms with Crippen molar-refractivity contribution in [2.45, 2.75) is 11.1 Å². The van der Waals surface area contributed by atoms with Crippen molar-refractivity contribution in [3.05, 3.63) is 71.8 Å². The van der Waals surface area contributed by atoms with Gasteiger partial charge in [-0.25, -0.2) is 0 Å². The number of aliphatic hydroxyl groups is 6. The molecular weight excluding hydrogens is 492 g/mol. The first-order chi connectivity index (χ1) is 18.3. The molecule has 0 spiro atoms. The molecule has 38 heavy (non-hydrogen) atoms. The number of nitrogens with one attached hydrogen (secondary N) is 2. The average Bonchev–Trinajstić information content (AvgIpc) is 2.96. The van der Waals surface area contributed by atoms with Gasteiger partial charge in [-0.05, 0) is 44.8 Å². The van der Waals surface area contributed by atoms with Crippen LogP contribution in [0.25, 0.3) is 33.7 Å². The fraction of sp³-hybridized carbons (Fsp3) is 0.286. The van der Waals surface area contributed by atoms with E-state index in [9.17, 15) is 40.2 Å². The number of hydrogen-bond acceptors (Lipinski definition) is 8. The van der Waals surface area contributed by atoms with E-state index >= 15 is 0 Å². The maximum Gasteiger partial charge on any atom is 0.244 e. The highest BCUT2D eigenvalue weighted by molar-refractivity contribution is 6.14. The number of amides is 2. The number of aliphatic hydroxyl groups excluding tert-OH is 6. The average molecular weight is 525 g/mol. The zero-order valence-electron chi connectivity index (χ0n) is 20.7. The highest BCUT2D eigenvalue weighted by Crippen LogP contribution is 2.34. The van der Waals surface area contributed by atoms with Crippen molar-refractivity contribution >= 4 is 45.5 Å². The van der Waals surface area contributed by atoms with Crippen molar-refractivity contribution in [2.24, 2.45) is 0 Å². The third kappa shape index (κ3) is 6.08. The van der Waals surface area contributed by atoms with Gasteiger partial charge in [-0.1, -0.05) is 48.5 Å². The second kappa shape index (κ2) is 12.7. The van der Waals surface area contributed by atoms with E-state index < -0.39 is 62.5 Å². The van der Waals surface area contributed by atoms with E-state index in [1.807, 2.05) is 48.5 Å². The quantitative estimate of drug-likeness (QED) is 0.117. The van der Waals surface area contributed by atoms with Crippen LogP contribution in [0.2, 0.25) is 0 Å². The Morgan fingerprint density at radius 3 is 1.05 bits per heavy atom. The van der Waals surface area contributed by atoms with Gasteiger partial charge < -0.3 is 41.3 Å². The van der Waals surface area contributed by atoms with E-state index in [-0.39, 0.29) is 0 Å². The van der Waals surface area contributed by atoms with E-state index in [0.717, 1.165) is 32.7 Å². The van der Waals surface area contributed by atoms with Crippen LogP contribution in [0.15, 0.2) is 60.7 Å². The Labute approximate surface area is 219 Å². The standard InChI is InChI=1S/C28H32N2O8/c31-13-27(14-32,15-33)29-25(37)11-9-23-19-5-1-2-6-20(19)24(22-8-4-3-7-21(22)23)10-12-26(38)30-28(16-34,17-35)18-36/h1-12,31-36H,13-18H2,(H,29,37)(H,30,38)/b11-9+,12-10+. The van der Waals surface area contributed by atoms with Gasteiger partial charge in [0.15, 0.2) is 0 Å². The van der Waals surface area contributed by atoms with Crippen molar-refractivity contribution in [1.29, 1.82) is 0 Å². The molecule has 0 bridgehead atoms. The molecule has 3 aromatic carbocycles. The van der Waals surface area contributed by atoms with Crippen LogP contribution >= 0.6 is 0 Å². The number of rotatable bonds is 12. The minimum atomic E-state index is -1.56. The minimum Gasteiger partial charge on any atom is -0.394 e. The molecule has 0 fully saturated rings. The molecule has 8 N–H and O–H groups in total. The molecule has 0 heterocycles. The summed E-state index contributed by atoms with van der Waals surface area (Å²) in [6.07, 6.45) is 5.72. The molecule has 10 heteroatoms. The first kappa shape index (κ1) is 28.9. The molecular formula is C28H32N2O8. The highest BCUT2D eigenvalue weighted by Gasteiger charge is 2.30. The summed E-state index contributed by atoms with van der Waals surface area (Å²) in [4.78, 5) is 25.1. The van der Waals surface area contributed by atoms with Gasteiger partial charge in [-0.2, -0.15) is 0 Å². The van der Waals surface area contributed by atoms with Crippen LogP contribution in [-0.4, -0.2) is 93.2 Å². The van der Waals surface area contributed by atoms with Crippen LogP contribution in [0.5, 0.6) is 0 Å². The molecule has 202 valence electrons. The molecule has 0 saturated heterocycles. The fourth-order valence-corrected chi connectivity index (χ4v) is 4.02. The summed E-state index contributed by atoms with van der Waals surface area (Å²) < 4.78 is 0. The smallest absolute Gasteiger partial charge is 0.244 e. The lowest BCUT2D eigenvalue weighted by molar-refractivity contribution is -0.121. The van der Waals surface area contributed by atoms with Gasteiger partial charge in [0.25, 0.3) is 0 Å². The summed E-state index contributed by atoms with van der Waals surface area (Å²) in [5.74, 6) is -1.23. The predicted molar refractivity (Wildman–Crippen MR) is 144 cm³/mol. The largest absolute Gasteiger partial charge is 0.394 e. The molecule has 0 atom stereocenters. The van der Waals surface area contributed by atoms with Gasteiger partial charge in [0.1, 0.15) is 11.1 Å². The summed E-state index contributed by atoms with van der Waals surface area (Å²) in [6, 6.07) is 14.8. The van der Waals surface area contributed by atoms with Gasteiger partial charge in [-0.15, -0.1) is 0 Å². The zero-order chi connectivity index (χ0) is 27.8. The van der Waals surface area contributed by atoms with Gasteiger partial charge in [0.2, 0.25) is 11.8 Å². The minimum absolute atomic E-state index is 0.615. The fourth-order valence-electron chi connectivity index (χ4n) is 4.02. The van der Waals surface area contributed by atoms with Crippen LogP contribution in [0.1, 0.15) is 11.1 Å². The highest BCUT2D eigenvalue weighted by atomic mass is 16.3. The van der Waals surface area contributed by atoms with Crippen LogP contribution in [0.4, 0.5) is 0 Å². The molecule has 0 aliphatic heterocycles. The molecule has 0 aromatic heterocycles. The molecule has 0 aliphatic carbocycles. The predicted octanol–water partition coefficient (Wildman–Crippen LogP) is -0.317. The number of fused-ring (bicyclic) bond motifs is 2. The summed E-state index contributed by atoms with van der Waals surface area (Å²) in [7, 11) is 0. The van der Waals surface area contributed by atoms with Crippen LogP contribution in [0, 0.1) is 0 Å². The Hall–Kier alpha value is -3.64. The van der Waals surface area contributed by atoms with Gasteiger partial charge in [0.05, 0.1) is 39.6 Å². The molecule has 10 nitrogen and oxygen atoms in total. The molecule has 3 aromatic rings. The van der Waals surface area contributed by atoms with E-state index in [0.29, 0.717) is 0 Å². The van der Waals surface area contributed by atoms with Crippen molar-refractivity contribution in [3.63, 3.8) is 0 Å². The van der Waals surface area contributed by atoms with E-state index in [4.69, 9.17) is 0 Å². The first-order valence-electron chi connectivity index (χ1n) is 11.9. The molecule has 0 radical (unpaired) electrons. The SMILES string of the molecule is O=C(/C=C/c1c2ccccc2c(/C=C/C(=O)NC(CO)(CO)CO)c2ccccc12)NC(CO)(CO)CO. The Balaban J connectivity index is 2.07. The third-order valence-electron chi connectivity index (χ3n) is 6.41. The topological polar surface area (TPSA) is 180 Å². The lowest BCUT2D eigenvalue weighted by atomic mass is 9.91. The second-order valence-electron chi connectivity index (χ2n) is 9.07. The van der Waals surface area contributed by atoms with E-state index in [2.05, 4.69) is 10.6 Å². The van der Waals surface area contributed by atoms with Gasteiger partial charge in [-0.3, -0.25) is 9.59 Å². The van der Waals surface area contributed by atoms with Crippen molar-refractivity contribution in [2.75, 3.05) is 39.6 Å². The van der Waals surface area contributed by atoms with Crippen LogP contribution in [0.3, 0.4) is 0 Å². The Morgan fingerprint density at radius 2 is 0.816 bits per heavy atom. The lowest BCUT2D eigenvalue weighted by Gasteiger charge is -2.28. The molecule has 0 unspecified atom stereocenters. The number of hydrogen-bond donors (Lipinski definition) is 8. The zero-order valence-corrected chi connectivity index (χ0v) is 20.7. The maximum absolute atomic E-state index is 12.6. The number of benzene rings is 3. The number of carbonyl (C=O) groups is 2. The monoisotopic (exact) mass is 524 g/mol. The lowest BCUT2D eigenvalue weighted by Crippen LogP contribution is -2.56. The van der Waals surface area contributed by atoms with E-state index in [1.54, 1.807) is 12.2 Å². The summed E-state index contributed by atoms with van der Waals surface area (Å²) >= 11 is 0. The van der Waals surface area contributed by atoms with Crippen molar-refractivity contribution < 1.29 is 40.2 Å². The summed E-state index contributed by atoms with van der Waals surface area (Å²) in [5, 5.41) is 64.9. The molecule has 2 amide bonds. The van der Waals surface area contributed by atoms with Crippen molar-refractivity contribution in [1.82, 2.24) is 10.6 Å². The summed E-state index contributed by atoms with van der Waals surface area (Å²) in [5.41, 5.74) is -1.67. The Morgan fingerprint density at radius 1 is 0.553 bits per heavy atom. The van der Waals surface area contributed by atoms with Gasteiger partial charge >= 0.3 is 0 Å².